The van der Waals surface area contributed by atoms with Crippen LogP contribution in [0.1, 0.15) is 24.5 Å². The molecule has 0 bridgehead atoms. The number of thioether (sulfide) groups is 1. The van der Waals surface area contributed by atoms with E-state index in [2.05, 4.69) is 25.1 Å². The van der Waals surface area contributed by atoms with Gasteiger partial charge in [-0.2, -0.15) is 5.26 Å². The van der Waals surface area contributed by atoms with Gasteiger partial charge in [0.15, 0.2) is 0 Å². The Hall–Kier alpha value is -0.940. The average molecular weight is 191 g/mol. The van der Waals surface area contributed by atoms with Gasteiger partial charge in [-0.1, -0.05) is 19.4 Å². The summed E-state index contributed by atoms with van der Waals surface area (Å²) < 4.78 is 0. The van der Waals surface area contributed by atoms with Gasteiger partial charge in [-0.15, -0.1) is 11.8 Å². The van der Waals surface area contributed by atoms with Crippen LogP contribution in [0, 0.1) is 11.3 Å². The monoisotopic (exact) mass is 191 g/mol. The maximum atomic E-state index is 8.91. The van der Waals surface area contributed by atoms with Crippen molar-refractivity contribution in [3.05, 3.63) is 29.3 Å². The fourth-order valence-corrected chi connectivity index (χ4v) is 1.71. The Labute approximate surface area is 83.8 Å². The van der Waals surface area contributed by atoms with Gasteiger partial charge in [0, 0.05) is 4.90 Å². The molecular weight excluding hydrogens is 178 g/mol. The molecule has 0 saturated heterocycles. The molecule has 0 aromatic heterocycles. The van der Waals surface area contributed by atoms with Crippen molar-refractivity contribution in [3.63, 3.8) is 0 Å². The molecule has 0 amide bonds. The highest BCUT2D eigenvalue weighted by atomic mass is 32.2. The second kappa shape index (κ2) is 4.94. The molecule has 0 aliphatic heterocycles. The lowest BCUT2D eigenvalue weighted by molar-refractivity contribution is 0.916. The Morgan fingerprint density at radius 2 is 2.23 bits per heavy atom. The van der Waals surface area contributed by atoms with Crippen molar-refractivity contribution in [1.29, 1.82) is 5.26 Å². The first kappa shape index (κ1) is 10.1. The van der Waals surface area contributed by atoms with Crippen LogP contribution < -0.4 is 0 Å². The largest absolute Gasteiger partial charge is 0.192 e. The van der Waals surface area contributed by atoms with Crippen molar-refractivity contribution in [3.8, 4) is 6.07 Å². The fourth-order valence-electron chi connectivity index (χ4n) is 1.27. The van der Waals surface area contributed by atoms with Gasteiger partial charge >= 0.3 is 0 Å². The average Bonchev–Trinajstić information content (AvgIpc) is 2.19. The zero-order valence-corrected chi connectivity index (χ0v) is 8.82. The van der Waals surface area contributed by atoms with Crippen molar-refractivity contribution >= 4 is 11.8 Å². The Balaban J connectivity index is 3.02. The molecule has 0 saturated carbocycles. The van der Waals surface area contributed by atoms with Gasteiger partial charge in [0.2, 0.25) is 0 Å². The molecule has 1 nitrogen and oxygen atoms in total. The summed E-state index contributed by atoms with van der Waals surface area (Å²) in [6.45, 7) is 2.13. The summed E-state index contributed by atoms with van der Waals surface area (Å²) >= 11 is 1.67. The Bertz CT molecular complexity index is 325. The number of benzene rings is 1. The van der Waals surface area contributed by atoms with E-state index in [0.29, 0.717) is 0 Å². The molecule has 0 aliphatic rings. The summed E-state index contributed by atoms with van der Waals surface area (Å²) in [4.78, 5) is 1.16. The summed E-state index contributed by atoms with van der Waals surface area (Å²) in [6.07, 6.45) is 4.11. The molecule has 1 rings (SSSR count). The van der Waals surface area contributed by atoms with Crippen molar-refractivity contribution in [2.75, 3.05) is 6.26 Å². The number of nitrogens with zero attached hydrogens (tertiary/aromatic N) is 1. The smallest absolute Gasteiger partial charge is 0.0994 e. The lowest BCUT2D eigenvalue weighted by Gasteiger charge is -2.03. The highest BCUT2D eigenvalue weighted by Crippen LogP contribution is 2.19. The van der Waals surface area contributed by atoms with Crippen molar-refractivity contribution in [1.82, 2.24) is 0 Å². The molecule has 13 heavy (non-hydrogen) atoms. The molecule has 1 aromatic carbocycles. The van der Waals surface area contributed by atoms with E-state index in [4.69, 9.17) is 5.26 Å². The quantitative estimate of drug-likeness (QED) is 0.685. The van der Waals surface area contributed by atoms with E-state index in [-0.39, 0.29) is 0 Å². The number of nitriles is 1. The summed E-state index contributed by atoms with van der Waals surface area (Å²) in [5.41, 5.74) is 2.00. The fraction of sp³-hybridized carbons (Fsp3) is 0.364. The molecule has 0 fully saturated rings. The van der Waals surface area contributed by atoms with Crippen LogP contribution in [0.5, 0.6) is 0 Å². The molecule has 68 valence electrons. The maximum absolute atomic E-state index is 8.91. The summed E-state index contributed by atoms with van der Waals surface area (Å²) in [7, 11) is 0. The van der Waals surface area contributed by atoms with Gasteiger partial charge < -0.3 is 0 Å². The minimum atomic E-state index is 0.828. The molecule has 0 unspecified atom stereocenters. The van der Waals surface area contributed by atoms with Gasteiger partial charge in [0.1, 0.15) is 0 Å². The first-order valence-corrected chi connectivity index (χ1v) is 5.61. The van der Waals surface area contributed by atoms with Crippen LogP contribution >= 0.6 is 11.8 Å². The van der Waals surface area contributed by atoms with Crippen molar-refractivity contribution in [2.45, 2.75) is 24.7 Å². The van der Waals surface area contributed by atoms with E-state index in [1.165, 1.54) is 5.56 Å². The van der Waals surface area contributed by atoms with Crippen molar-refractivity contribution in [2.24, 2.45) is 0 Å². The first-order valence-electron chi connectivity index (χ1n) is 4.38. The highest BCUT2D eigenvalue weighted by Gasteiger charge is 2.01. The number of aryl methyl sites for hydroxylation is 1. The SMILES string of the molecule is CCCc1ccc(SC)cc1C#N. The number of rotatable bonds is 3. The zero-order chi connectivity index (χ0) is 9.68. The molecule has 0 N–H and O–H groups in total. The van der Waals surface area contributed by atoms with E-state index in [1.54, 1.807) is 11.8 Å². The predicted molar refractivity (Wildman–Crippen MR) is 56.9 cm³/mol. The minimum Gasteiger partial charge on any atom is -0.192 e. The van der Waals surface area contributed by atoms with Crippen molar-refractivity contribution < 1.29 is 0 Å². The molecular formula is C11H13NS. The molecule has 2 heteroatoms. The zero-order valence-electron chi connectivity index (χ0n) is 8.00. The van der Waals surface area contributed by atoms with Crippen LogP contribution in [-0.2, 0) is 6.42 Å². The summed E-state index contributed by atoms with van der Waals surface area (Å²) in [6, 6.07) is 8.35. The Morgan fingerprint density at radius 1 is 1.46 bits per heavy atom. The van der Waals surface area contributed by atoms with Crippen LogP contribution in [-0.4, -0.2) is 6.26 Å². The van der Waals surface area contributed by atoms with Crippen LogP contribution in [0.4, 0.5) is 0 Å². The van der Waals surface area contributed by atoms with Gasteiger partial charge in [0.05, 0.1) is 11.6 Å². The topological polar surface area (TPSA) is 23.8 Å². The van der Waals surface area contributed by atoms with Crippen LogP contribution in [0.2, 0.25) is 0 Å². The third-order valence-corrected chi connectivity index (χ3v) is 2.68. The number of hydrogen-bond acceptors (Lipinski definition) is 2. The van der Waals surface area contributed by atoms with Gasteiger partial charge in [-0.25, -0.2) is 0 Å². The van der Waals surface area contributed by atoms with Gasteiger partial charge in [-0.3, -0.25) is 0 Å². The normalized spacial score (nSPS) is 9.62. The third kappa shape index (κ3) is 2.50. The predicted octanol–water partition coefficient (Wildman–Crippen LogP) is 3.23. The van der Waals surface area contributed by atoms with Crippen LogP contribution in [0.3, 0.4) is 0 Å². The molecule has 0 atom stereocenters. The van der Waals surface area contributed by atoms with Gasteiger partial charge in [-0.05, 0) is 30.4 Å². The molecule has 0 radical (unpaired) electrons. The number of hydrogen-bond donors (Lipinski definition) is 0. The molecule has 0 spiro atoms. The molecule has 1 aromatic rings. The minimum absolute atomic E-state index is 0.828. The summed E-state index contributed by atoms with van der Waals surface area (Å²) in [5, 5.41) is 8.91. The van der Waals surface area contributed by atoms with Crippen LogP contribution in [0.25, 0.3) is 0 Å². The highest BCUT2D eigenvalue weighted by molar-refractivity contribution is 7.98. The molecule has 0 heterocycles. The third-order valence-electron chi connectivity index (χ3n) is 1.96. The summed E-state index contributed by atoms with van der Waals surface area (Å²) in [5.74, 6) is 0. The lowest BCUT2D eigenvalue weighted by Crippen LogP contribution is -1.89. The van der Waals surface area contributed by atoms with E-state index >= 15 is 0 Å². The second-order valence-corrected chi connectivity index (χ2v) is 3.76. The molecule has 0 aliphatic carbocycles. The Kier molecular flexibility index (Phi) is 3.85. The van der Waals surface area contributed by atoms with Gasteiger partial charge in [0.25, 0.3) is 0 Å². The second-order valence-electron chi connectivity index (χ2n) is 2.88. The van der Waals surface area contributed by atoms with Crippen LogP contribution in [0.15, 0.2) is 23.1 Å². The Morgan fingerprint density at radius 3 is 2.77 bits per heavy atom. The van der Waals surface area contributed by atoms with E-state index in [1.807, 2.05) is 12.3 Å². The van der Waals surface area contributed by atoms with E-state index in [9.17, 15) is 0 Å². The van der Waals surface area contributed by atoms with E-state index < -0.39 is 0 Å². The first-order chi connectivity index (χ1) is 6.31. The standard InChI is InChI=1S/C11H13NS/c1-3-4-9-5-6-11(13-2)7-10(9)8-12/h5-7H,3-4H2,1-2H3. The van der Waals surface area contributed by atoms with E-state index in [0.717, 1.165) is 23.3 Å². The lowest BCUT2D eigenvalue weighted by atomic mass is 10.0. The maximum Gasteiger partial charge on any atom is 0.0994 e.